The molecule has 3 unspecified atom stereocenters. The number of hydrogen-bond acceptors (Lipinski definition) is 7. The fourth-order valence-electron chi connectivity index (χ4n) is 2.74. The predicted molar refractivity (Wildman–Crippen MR) is 101 cm³/mol. The van der Waals surface area contributed by atoms with Crippen LogP contribution < -0.4 is 0 Å². The Morgan fingerprint density at radius 1 is 1.00 bits per heavy atom. The third-order valence-electron chi connectivity index (χ3n) is 4.10. The summed E-state index contributed by atoms with van der Waals surface area (Å²) in [5, 5.41) is 0. The second-order valence-electron chi connectivity index (χ2n) is 7.50. The van der Waals surface area contributed by atoms with Crippen LogP contribution in [0.1, 0.15) is 46.0 Å². The SMILES string of the molecule is C#CC[N+](C)(C)CC(=O)OC1CC(OC(=O)CCC)C(OC(=O)CCC)CO1. The molecule has 0 bridgehead atoms. The predicted octanol–water partition coefficient (Wildman–Crippen LogP) is 1.41. The lowest BCUT2D eigenvalue weighted by Crippen LogP contribution is -2.49. The van der Waals surface area contributed by atoms with Gasteiger partial charge in [-0.3, -0.25) is 9.59 Å². The van der Waals surface area contributed by atoms with Crippen molar-refractivity contribution in [2.75, 3.05) is 33.8 Å². The molecule has 1 rings (SSSR count). The van der Waals surface area contributed by atoms with Crippen LogP contribution in [0.3, 0.4) is 0 Å². The van der Waals surface area contributed by atoms with E-state index in [-0.39, 0.29) is 48.8 Å². The number of terminal acetylenes is 1. The van der Waals surface area contributed by atoms with Crippen LogP contribution in [-0.4, -0.2) is 74.7 Å². The molecule has 8 heteroatoms. The van der Waals surface area contributed by atoms with Crippen LogP contribution in [-0.2, 0) is 33.3 Å². The lowest BCUT2D eigenvalue weighted by atomic mass is 10.1. The first-order chi connectivity index (χ1) is 13.2. The Morgan fingerprint density at radius 2 is 1.57 bits per heavy atom. The molecule has 8 nitrogen and oxygen atoms in total. The van der Waals surface area contributed by atoms with E-state index in [2.05, 4.69) is 5.92 Å². The highest BCUT2D eigenvalue weighted by Gasteiger charge is 2.38. The van der Waals surface area contributed by atoms with E-state index in [1.165, 1.54) is 0 Å². The third-order valence-corrected chi connectivity index (χ3v) is 4.10. The van der Waals surface area contributed by atoms with Crippen molar-refractivity contribution in [1.29, 1.82) is 0 Å². The first-order valence-corrected chi connectivity index (χ1v) is 9.66. The average molecular weight is 398 g/mol. The van der Waals surface area contributed by atoms with Crippen molar-refractivity contribution in [1.82, 2.24) is 0 Å². The highest BCUT2D eigenvalue weighted by molar-refractivity contribution is 5.71. The van der Waals surface area contributed by atoms with Crippen molar-refractivity contribution in [2.45, 2.75) is 64.4 Å². The molecule has 0 amide bonds. The van der Waals surface area contributed by atoms with Crippen LogP contribution in [0, 0.1) is 12.3 Å². The van der Waals surface area contributed by atoms with Gasteiger partial charge in [0.1, 0.15) is 12.6 Å². The van der Waals surface area contributed by atoms with Gasteiger partial charge in [-0.05, 0) is 18.8 Å². The van der Waals surface area contributed by atoms with E-state index in [0.29, 0.717) is 19.4 Å². The summed E-state index contributed by atoms with van der Waals surface area (Å²) in [4.78, 5) is 35.9. The largest absolute Gasteiger partial charge is 0.458 e. The summed E-state index contributed by atoms with van der Waals surface area (Å²) >= 11 is 0. The third kappa shape index (κ3) is 8.72. The van der Waals surface area contributed by atoms with Crippen molar-refractivity contribution in [3.63, 3.8) is 0 Å². The van der Waals surface area contributed by atoms with Gasteiger partial charge in [0.05, 0.1) is 27.1 Å². The molecule has 0 aromatic heterocycles. The number of quaternary nitrogens is 1. The van der Waals surface area contributed by atoms with E-state index < -0.39 is 24.5 Å². The first kappa shape index (κ1) is 23.9. The zero-order valence-electron chi connectivity index (χ0n) is 17.3. The Labute approximate surface area is 167 Å². The molecule has 0 aliphatic carbocycles. The quantitative estimate of drug-likeness (QED) is 0.238. The van der Waals surface area contributed by atoms with Gasteiger partial charge in [-0.1, -0.05) is 13.8 Å². The van der Waals surface area contributed by atoms with Crippen molar-refractivity contribution < 1.29 is 37.8 Å². The number of likely N-dealkylation sites (N-methyl/N-ethyl adjacent to an activating group) is 1. The molecule has 0 saturated carbocycles. The van der Waals surface area contributed by atoms with Gasteiger partial charge in [0.25, 0.3) is 0 Å². The molecule has 1 saturated heterocycles. The molecular formula is C20H32NO7+. The van der Waals surface area contributed by atoms with Gasteiger partial charge in [0.2, 0.25) is 6.29 Å². The molecule has 0 N–H and O–H groups in total. The van der Waals surface area contributed by atoms with Crippen LogP contribution in [0.15, 0.2) is 0 Å². The van der Waals surface area contributed by atoms with Gasteiger partial charge in [-0.25, -0.2) is 4.79 Å². The molecule has 1 fully saturated rings. The maximum absolute atomic E-state index is 12.2. The van der Waals surface area contributed by atoms with Crippen molar-refractivity contribution in [3.8, 4) is 12.3 Å². The molecule has 0 aromatic carbocycles. The minimum absolute atomic E-state index is 0.0138. The Morgan fingerprint density at radius 3 is 2.11 bits per heavy atom. The molecule has 28 heavy (non-hydrogen) atoms. The highest BCUT2D eigenvalue weighted by atomic mass is 16.7. The van der Waals surface area contributed by atoms with Gasteiger partial charge >= 0.3 is 17.9 Å². The summed E-state index contributed by atoms with van der Waals surface area (Å²) in [7, 11) is 3.64. The second kappa shape index (κ2) is 11.7. The van der Waals surface area contributed by atoms with Gasteiger partial charge in [-0.2, -0.15) is 0 Å². The van der Waals surface area contributed by atoms with E-state index in [1.54, 1.807) is 0 Å². The van der Waals surface area contributed by atoms with Gasteiger partial charge in [0, 0.05) is 12.8 Å². The fourth-order valence-corrected chi connectivity index (χ4v) is 2.74. The van der Waals surface area contributed by atoms with Gasteiger partial charge in [0.15, 0.2) is 12.6 Å². The van der Waals surface area contributed by atoms with E-state index in [1.807, 2.05) is 27.9 Å². The zero-order valence-corrected chi connectivity index (χ0v) is 17.3. The lowest BCUT2D eigenvalue weighted by Gasteiger charge is -2.35. The Bertz CT molecular complexity index is 582. The summed E-state index contributed by atoms with van der Waals surface area (Å²) in [5.41, 5.74) is 0. The van der Waals surface area contributed by atoms with Crippen LogP contribution in [0.25, 0.3) is 0 Å². The number of carbonyl (C=O) groups is 3. The Kier molecular flexibility index (Phi) is 9.97. The fraction of sp³-hybridized carbons (Fsp3) is 0.750. The first-order valence-electron chi connectivity index (χ1n) is 9.66. The highest BCUT2D eigenvalue weighted by Crippen LogP contribution is 2.22. The minimum Gasteiger partial charge on any atom is -0.458 e. The molecule has 1 aliphatic rings. The smallest absolute Gasteiger partial charge is 0.364 e. The maximum atomic E-state index is 12.2. The van der Waals surface area contributed by atoms with Crippen LogP contribution >= 0.6 is 0 Å². The number of hydrogen-bond donors (Lipinski definition) is 0. The molecule has 1 aliphatic heterocycles. The zero-order chi connectivity index (χ0) is 21.2. The number of carbonyl (C=O) groups excluding carboxylic acids is 3. The van der Waals surface area contributed by atoms with Gasteiger partial charge in [-0.15, -0.1) is 6.42 Å². The standard InChI is InChI=1S/C20H32NO7/c1-6-9-17(22)26-15-12-20(25-14-16(15)27-18(23)10-7-2)28-19(24)13-21(4,5)11-8-3/h3,15-16,20H,6-7,9-14H2,1-2,4-5H3/q+1. The number of esters is 3. The average Bonchev–Trinajstić information content (AvgIpc) is 2.56. The van der Waals surface area contributed by atoms with Crippen LogP contribution in [0.5, 0.6) is 0 Å². The van der Waals surface area contributed by atoms with Gasteiger partial charge < -0.3 is 23.4 Å². The van der Waals surface area contributed by atoms with E-state index in [9.17, 15) is 14.4 Å². The maximum Gasteiger partial charge on any atom is 0.364 e. The van der Waals surface area contributed by atoms with Crippen molar-refractivity contribution in [2.24, 2.45) is 0 Å². The summed E-state index contributed by atoms with van der Waals surface area (Å²) in [6.45, 7) is 4.19. The van der Waals surface area contributed by atoms with E-state index in [0.717, 1.165) is 0 Å². The second-order valence-corrected chi connectivity index (χ2v) is 7.50. The monoisotopic (exact) mass is 398 g/mol. The number of nitrogens with zero attached hydrogens (tertiary/aromatic N) is 1. The Balaban J connectivity index is 2.70. The summed E-state index contributed by atoms with van der Waals surface area (Å²) in [6, 6.07) is 0. The number of ether oxygens (including phenoxy) is 4. The number of rotatable bonds is 10. The Hall–Kier alpha value is -2.11. The van der Waals surface area contributed by atoms with E-state index >= 15 is 0 Å². The molecule has 158 valence electrons. The molecular weight excluding hydrogens is 366 g/mol. The van der Waals surface area contributed by atoms with Crippen molar-refractivity contribution >= 4 is 17.9 Å². The van der Waals surface area contributed by atoms with Crippen molar-refractivity contribution in [3.05, 3.63) is 0 Å². The summed E-state index contributed by atoms with van der Waals surface area (Å²) in [6.07, 6.45) is 4.92. The summed E-state index contributed by atoms with van der Waals surface area (Å²) in [5.74, 6) is 1.29. The molecule has 0 aromatic rings. The molecule has 1 heterocycles. The summed E-state index contributed by atoms with van der Waals surface area (Å²) < 4.78 is 22.0. The molecule has 3 atom stereocenters. The molecule has 0 radical (unpaired) electrons. The topological polar surface area (TPSA) is 88.1 Å². The van der Waals surface area contributed by atoms with E-state index in [4.69, 9.17) is 25.4 Å². The molecule has 0 spiro atoms. The van der Waals surface area contributed by atoms with Crippen LogP contribution in [0.4, 0.5) is 0 Å². The normalized spacial score (nSPS) is 22.0. The van der Waals surface area contributed by atoms with Crippen LogP contribution in [0.2, 0.25) is 0 Å². The minimum atomic E-state index is -0.876. The lowest BCUT2D eigenvalue weighted by molar-refractivity contribution is -0.875.